The quantitative estimate of drug-likeness (QED) is 0.715. The molecule has 0 atom stereocenters. The molecule has 0 amide bonds. The monoisotopic (exact) mass is 244 g/mol. The van der Waals surface area contributed by atoms with E-state index in [1.54, 1.807) is 4.68 Å². The molecule has 2 heterocycles. The maximum absolute atomic E-state index is 5.82. The summed E-state index contributed by atoms with van der Waals surface area (Å²) in [5, 5.41) is 5.60. The first-order valence-electron chi connectivity index (χ1n) is 5.31. The normalized spacial score (nSPS) is 11.2. The molecular formula is C12H12N4S. The van der Waals surface area contributed by atoms with Crippen LogP contribution in [0.25, 0.3) is 21.3 Å². The maximum atomic E-state index is 5.82. The zero-order valence-electron chi connectivity index (χ0n) is 9.64. The Bertz CT molecular complexity index is 676. The number of benzene rings is 1. The molecule has 0 spiro atoms. The molecule has 2 N–H and O–H groups in total. The number of anilines is 1. The lowest BCUT2D eigenvalue weighted by atomic mass is 10.1. The van der Waals surface area contributed by atoms with Gasteiger partial charge in [0.1, 0.15) is 5.82 Å². The molecule has 0 saturated heterocycles. The van der Waals surface area contributed by atoms with Crippen LogP contribution in [0.1, 0.15) is 5.69 Å². The molecule has 3 aromatic rings. The molecule has 5 heteroatoms. The van der Waals surface area contributed by atoms with E-state index in [4.69, 9.17) is 5.73 Å². The van der Waals surface area contributed by atoms with E-state index < -0.39 is 0 Å². The maximum Gasteiger partial charge on any atom is 0.121 e. The Labute approximate surface area is 103 Å². The van der Waals surface area contributed by atoms with E-state index in [0.29, 0.717) is 5.82 Å². The molecule has 86 valence electrons. The van der Waals surface area contributed by atoms with Crippen molar-refractivity contribution in [1.82, 2.24) is 14.2 Å². The molecule has 3 rings (SSSR count). The molecule has 0 saturated carbocycles. The minimum atomic E-state index is 0.665. The number of nitrogen functional groups attached to an aromatic ring is 1. The standard InChI is InChI=1S/C12H12N4S/c1-7-12-8(4-3-5-10(12)17-15-7)9-6-11(13)16(2)14-9/h3-6H,13H2,1-2H3. The van der Waals surface area contributed by atoms with E-state index in [1.807, 2.05) is 26.1 Å². The van der Waals surface area contributed by atoms with Crippen LogP contribution in [0.5, 0.6) is 0 Å². The van der Waals surface area contributed by atoms with Crippen LogP contribution < -0.4 is 5.73 Å². The van der Waals surface area contributed by atoms with E-state index in [2.05, 4.69) is 21.6 Å². The summed E-state index contributed by atoms with van der Waals surface area (Å²) >= 11 is 1.52. The summed E-state index contributed by atoms with van der Waals surface area (Å²) < 4.78 is 7.26. The number of nitrogens with zero attached hydrogens (tertiary/aromatic N) is 3. The first kappa shape index (κ1) is 10.3. The summed E-state index contributed by atoms with van der Waals surface area (Å²) in [6.07, 6.45) is 0. The number of hydrogen-bond acceptors (Lipinski definition) is 4. The molecule has 17 heavy (non-hydrogen) atoms. The number of aromatic nitrogens is 3. The average Bonchev–Trinajstić information content (AvgIpc) is 2.84. The van der Waals surface area contributed by atoms with Gasteiger partial charge in [0, 0.05) is 24.1 Å². The third-order valence-electron chi connectivity index (χ3n) is 2.86. The van der Waals surface area contributed by atoms with Crippen LogP contribution in [-0.2, 0) is 7.05 Å². The van der Waals surface area contributed by atoms with Crippen molar-refractivity contribution in [3.63, 3.8) is 0 Å². The Hall–Kier alpha value is -1.88. The molecule has 0 fully saturated rings. The van der Waals surface area contributed by atoms with Gasteiger partial charge in [-0.2, -0.15) is 9.47 Å². The van der Waals surface area contributed by atoms with E-state index in [0.717, 1.165) is 17.0 Å². The number of nitrogens with two attached hydrogens (primary N) is 1. The fraction of sp³-hybridized carbons (Fsp3) is 0.167. The fourth-order valence-corrected chi connectivity index (χ4v) is 2.79. The minimum Gasteiger partial charge on any atom is -0.384 e. The zero-order valence-corrected chi connectivity index (χ0v) is 10.5. The van der Waals surface area contributed by atoms with Gasteiger partial charge in [-0.05, 0) is 24.5 Å². The van der Waals surface area contributed by atoms with Crippen LogP contribution in [0.2, 0.25) is 0 Å². The van der Waals surface area contributed by atoms with Crippen molar-refractivity contribution in [2.24, 2.45) is 7.05 Å². The second kappa shape index (κ2) is 3.56. The summed E-state index contributed by atoms with van der Waals surface area (Å²) in [7, 11) is 1.84. The molecule has 0 bridgehead atoms. The summed E-state index contributed by atoms with van der Waals surface area (Å²) in [5.74, 6) is 0.665. The number of aryl methyl sites for hydroxylation is 2. The average molecular weight is 244 g/mol. The topological polar surface area (TPSA) is 56.7 Å². The number of hydrogen-bond donors (Lipinski definition) is 1. The van der Waals surface area contributed by atoms with Crippen molar-refractivity contribution >= 4 is 27.4 Å². The Morgan fingerprint density at radius 3 is 2.88 bits per heavy atom. The summed E-state index contributed by atoms with van der Waals surface area (Å²) in [4.78, 5) is 0. The molecule has 1 aromatic carbocycles. The van der Waals surface area contributed by atoms with Crippen molar-refractivity contribution in [3.8, 4) is 11.3 Å². The van der Waals surface area contributed by atoms with Crippen molar-refractivity contribution in [3.05, 3.63) is 30.0 Å². The summed E-state index contributed by atoms with van der Waals surface area (Å²) in [5.41, 5.74) is 8.87. The second-order valence-electron chi connectivity index (χ2n) is 4.02. The molecule has 0 aliphatic rings. The first-order valence-corrected chi connectivity index (χ1v) is 6.09. The van der Waals surface area contributed by atoms with Crippen molar-refractivity contribution in [1.29, 1.82) is 0 Å². The Morgan fingerprint density at radius 2 is 2.18 bits per heavy atom. The lowest BCUT2D eigenvalue weighted by Gasteiger charge is -1.99. The Balaban J connectivity index is 2.33. The molecule has 0 aliphatic carbocycles. The van der Waals surface area contributed by atoms with Crippen LogP contribution in [-0.4, -0.2) is 14.2 Å². The lowest BCUT2D eigenvalue weighted by Crippen LogP contribution is -1.96. The van der Waals surface area contributed by atoms with Crippen LogP contribution in [0.4, 0.5) is 5.82 Å². The highest BCUT2D eigenvalue weighted by molar-refractivity contribution is 7.13. The van der Waals surface area contributed by atoms with E-state index in [9.17, 15) is 0 Å². The minimum absolute atomic E-state index is 0.665. The van der Waals surface area contributed by atoms with Gasteiger partial charge in [0.15, 0.2) is 0 Å². The zero-order chi connectivity index (χ0) is 12.0. The van der Waals surface area contributed by atoms with Gasteiger partial charge >= 0.3 is 0 Å². The van der Waals surface area contributed by atoms with Crippen molar-refractivity contribution in [2.75, 3.05) is 5.73 Å². The van der Waals surface area contributed by atoms with Gasteiger partial charge < -0.3 is 5.73 Å². The lowest BCUT2D eigenvalue weighted by molar-refractivity contribution is 0.782. The Kier molecular flexibility index (Phi) is 2.16. The van der Waals surface area contributed by atoms with Gasteiger partial charge in [-0.15, -0.1) is 0 Å². The van der Waals surface area contributed by atoms with Gasteiger partial charge in [0.05, 0.1) is 16.1 Å². The highest BCUT2D eigenvalue weighted by Gasteiger charge is 2.12. The smallest absolute Gasteiger partial charge is 0.121 e. The molecule has 0 aliphatic heterocycles. The van der Waals surface area contributed by atoms with Gasteiger partial charge in [0.25, 0.3) is 0 Å². The summed E-state index contributed by atoms with van der Waals surface area (Å²) in [6, 6.07) is 8.06. The molecule has 0 radical (unpaired) electrons. The molecule has 0 unspecified atom stereocenters. The molecule has 2 aromatic heterocycles. The molecular weight excluding hydrogens is 232 g/mol. The van der Waals surface area contributed by atoms with Crippen molar-refractivity contribution in [2.45, 2.75) is 6.92 Å². The van der Waals surface area contributed by atoms with Gasteiger partial charge in [-0.3, -0.25) is 4.68 Å². The van der Waals surface area contributed by atoms with Crippen LogP contribution in [0, 0.1) is 6.92 Å². The largest absolute Gasteiger partial charge is 0.384 e. The fourth-order valence-electron chi connectivity index (χ4n) is 1.97. The highest BCUT2D eigenvalue weighted by Crippen LogP contribution is 2.32. The van der Waals surface area contributed by atoms with E-state index >= 15 is 0 Å². The molecule has 4 nitrogen and oxygen atoms in total. The predicted octanol–water partition coefficient (Wildman–Crippen LogP) is 2.59. The number of rotatable bonds is 1. The van der Waals surface area contributed by atoms with E-state index in [1.165, 1.54) is 21.6 Å². The van der Waals surface area contributed by atoms with Crippen LogP contribution in [0.15, 0.2) is 24.3 Å². The van der Waals surface area contributed by atoms with Gasteiger partial charge in [-0.25, -0.2) is 0 Å². The van der Waals surface area contributed by atoms with E-state index in [-0.39, 0.29) is 0 Å². The third-order valence-corrected chi connectivity index (χ3v) is 3.76. The predicted molar refractivity (Wildman–Crippen MR) is 71.0 cm³/mol. The first-order chi connectivity index (χ1) is 8.16. The highest BCUT2D eigenvalue weighted by atomic mass is 32.1. The third kappa shape index (κ3) is 1.51. The number of fused-ring (bicyclic) bond motifs is 1. The SMILES string of the molecule is Cc1nsc2cccc(-c3cc(N)n(C)n3)c12. The van der Waals surface area contributed by atoms with Crippen LogP contribution >= 0.6 is 11.5 Å². The van der Waals surface area contributed by atoms with Crippen LogP contribution in [0.3, 0.4) is 0 Å². The Morgan fingerprint density at radius 1 is 1.35 bits per heavy atom. The second-order valence-corrected chi connectivity index (χ2v) is 4.83. The summed E-state index contributed by atoms with van der Waals surface area (Å²) in [6.45, 7) is 2.02. The van der Waals surface area contributed by atoms with Gasteiger partial charge in [-0.1, -0.05) is 12.1 Å². The van der Waals surface area contributed by atoms with Gasteiger partial charge in [0.2, 0.25) is 0 Å². The van der Waals surface area contributed by atoms with Crippen molar-refractivity contribution < 1.29 is 0 Å².